The standard InChI is InChI=1S/C15H19N3/c1-3-4-10-16-13(2)14-11-17-18(12-14)15-8-6-5-7-9-15/h3,5-9,11-13,16H,1,4,10H2,2H3. The van der Waals surface area contributed by atoms with Crippen LogP contribution in [-0.2, 0) is 0 Å². The number of nitrogens with one attached hydrogen (secondary N) is 1. The minimum atomic E-state index is 0.308. The highest BCUT2D eigenvalue weighted by Gasteiger charge is 2.07. The van der Waals surface area contributed by atoms with Crippen LogP contribution in [0.15, 0.2) is 55.4 Å². The van der Waals surface area contributed by atoms with Gasteiger partial charge in [0.2, 0.25) is 0 Å². The molecule has 0 saturated heterocycles. The van der Waals surface area contributed by atoms with Crippen molar-refractivity contribution in [2.45, 2.75) is 19.4 Å². The lowest BCUT2D eigenvalue weighted by Gasteiger charge is -2.10. The second-order valence-corrected chi connectivity index (χ2v) is 4.31. The number of hydrogen-bond acceptors (Lipinski definition) is 2. The van der Waals surface area contributed by atoms with Gasteiger partial charge in [0.15, 0.2) is 0 Å². The van der Waals surface area contributed by atoms with Crippen LogP contribution in [0, 0.1) is 0 Å². The molecule has 0 aliphatic carbocycles. The van der Waals surface area contributed by atoms with Crippen molar-refractivity contribution >= 4 is 0 Å². The van der Waals surface area contributed by atoms with Crippen molar-refractivity contribution in [2.24, 2.45) is 0 Å². The SMILES string of the molecule is C=CCCNC(C)c1cnn(-c2ccccc2)c1. The topological polar surface area (TPSA) is 29.9 Å². The molecule has 2 aromatic rings. The van der Waals surface area contributed by atoms with Crippen molar-refractivity contribution < 1.29 is 0 Å². The van der Waals surface area contributed by atoms with E-state index in [0.29, 0.717) is 6.04 Å². The van der Waals surface area contributed by atoms with Crippen LogP contribution in [0.25, 0.3) is 5.69 Å². The summed E-state index contributed by atoms with van der Waals surface area (Å²) in [6.07, 6.45) is 6.89. The third-order valence-corrected chi connectivity index (χ3v) is 2.92. The fraction of sp³-hybridized carbons (Fsp3) is 0.267. The number of rotatable bonds is 6. The van der Waals surface area contributed by atoms with Gasteiger partial charge in [-0.2, -0.15) is 5.10 Å². The lowest BCUT2D eigenvalue weighted by Crippen LogP contribution is -2.18. The van der Waals surface area contributed by atoms with E-state index in [0.717, 1.165) is 18.7 Å². The average Bonchev–Trinajstić information content (AvgIpc) is 2.89. The Hall–Kier alpha value is -1.87. The molecule has 0 bridgehead atoms. The average molecular weight is 241 g/mol. The number of nitrogens with zero attached hydrogens (tertiary/aromatic N) is 2. The maximum atomic E-state index is 4.39. The molecule has 1 unspecified atom stereocenters. The van der Waals surface area contributed by atoms with Gasteiger partial charge in [-0.25, -0.2) is 4.68 Å². The van der Waals surface area contributed by atoms with E-state index in [2.05, 4.69) is 30.1 Å². The molecule has 1 heterocycles. The molecular weight excluding hydrogens is 222 g/mol. The van der Waals surface area contributed by atoms with Crippen molar-refractivity contribution in [2.75, 3.05) is 6.54 Å². The summed E-state index contributed by atoms with van der Waals surface area (Å²) in [6.45, 7) is 6.81. The van der Waals surface area contributed by atoms with Gasteiger partial charge in [-0.05, 0) is 32.0 Å². The molecule has 3 nitrogen and oxygen atoms in total. The van der Waals surface area contributed by atoms with Crippen LogP contribution >= 0.6 is 0 Å². The van der Waals surface area contributed by atoms with E-state index >= 15 is 0 Å². The molecule has 0 fully saturated rings. The van der Waals surface area contributed by atoms with Crippen LogP contribution in [0.4, 0.5) is 0 Å². The summed E-state index contributed by atoms with van der Waals surface area (Å²) in [4.78, 5) is 0. The molecule has 0 saturated carbocycles. The maximum Gasteiger partial charge on any atom is 0.0645 e. The summed E-state index contributed by atoms with van der Waals surface area (Å²) in [7, 11) is 0. The Morgan fingerprint density at radius 2 is 2.17 bits per heavy atom. The fourth-order valence-corrected chi connectivity index (χ4v) is 1.80. The smallest absolute Gasteiger partial charge is 0.0645 e. The molecule has 0 amide bonds. The third kappa shape index (κ3) is 3.08. The van der Waals surface area contributed by atoms with Crippen molar-refractivity contribution in [3.8, 4) is 5.69 Å². The Balaban J connectivity index is 2.04. The minimum absolute atomic E-state index is 0.308. The molecule has 1 atom stereocenters. The van der Waals surface area contributed by atoms with E-state index in [-0.39, 0.29) is 0 Å². The van der Waals surface area contributed by atoms with Gasteiger partial charge in [-0.15, -0.1) is 6.58 Å². The monoisotopic (exact) mass is 241 g/mol. The van der Waals surface area contributed by atoms with Gasteiger partial charge in [-0.1, -0.05) is 24.3 Å². The third-order valence-electron chi connectivity index (χ3n) is 2.92. The summed E-state index contributed by atoms with van der Waals surface area (Å²) in [5.74, 6) is 0. The summed E-state index contributed by atoms with van der Waals surface area (Å²) < 4.78 is 1.90. The molecule has 1 aromatic carbocycles. The maximum absolute atomic E-state index is 4.39. The molecule has 94 valence electrons. The van der Waals surface area contributed by atoms with E-state index in [4.69, 9.17) is 0 Å². The number of benzene rings is 1. The highest BCUT2D eigenvalue weighted by atomic mass is 15.3. The molecule has 3 heteroatoms. The van der Waals surface area contributed by atoms with Crippen LogP contribution in [0.5, 0.6) is 0 Å². The zero-order valence-corrected chi connectivity index (χ0v) is 10.7. The first kappa shape index (κ1) is 12.6. The van der Waals surface area contributed by atoms with Gasteiger partial charge in [0.1, 0.15) is 0 Å². The van der Waals surface area contributed by atoms with Gasteiger partial charge in [0, 0.05) is 17.8 Å². The Morgan fingerprint density at radius 3 is 2.89 bits per heavy atom. The van der Waals surface area contributed by atoms with E-state index in [1.165, 1.54) is 5.56 Å². The van der Waals surface area contributed by atoms with Crippen molar-refractivity contribution in [1.82, 2.24) is 15.1 Å². The first-order chi connectivity index (χ1) is 8.81. The van der Waals surface area contributed by atoms with E-state index in [9.17, 15) is 0 Å². The van der Waals surface area contributed by atoms with Crippen LogP contribution in [0.1, 0.15) is 24.9 Å². The minimum Gasteiger partial charge on any atom is -0.310 e. The lowest BCUT2D eigenvalue weighted by molar-refractivity contribution is 0.581. The van der Waals surface area contributed by atoms with Gasteiger partial charge < -0.3 is 5.32 Å². The number of hydrogen-bond donors (Lipinski definition) is 1. The van der Waals surface area contributed by atoms with Crippen molar-refractivity contribution in [3.05, 3.63) is 60.9 Å². The largest absolute Gasteiger partial charge is 0.310 e. The van der Waals surface area contributed by atoms with Crippen LogP contribution < -0.4 is 5.32 Å². The molecule has 0 aliphatic rings. The van der Waals surface area contributed by atoms with Gasteiger partial charge in [-0.3, -0.25) is 0 Å². The van der Waals surface area contributed by atoms with E-state index < -0.39 is 0 Å². The molecule has 2 rings (SSSR count). The predicted octanol–water partition coefficient (Wildman–Crippen LogP) is 3.10. The first-order valence-corrected chi connectivity index (χ1v) is 6.25. The Morgan fingerprint density at radius 1 is 1.39 bits per heavy atom. The second kappa shape index (κ2) is 6.17. The zero-order chi connectivity index (χ0) is 12.8. The van der Waals surface area contributed by atoms with Gasteiger partial charge in [0.25, 0.3) is 0 Å². The van der Waals surface area contributed by atoms with Crippen LogP contribution in [0.2, 0.25) is 0 Å². The van der Waals surface area contributed by atoms with Crippen molar-refractivity contribution in [3.63, 3.8) is 0 Å². The fourth-order valence-electron chi connectivity index (χ4n) is 1.80. The zero-order valence-electron chi connectivity index (χ0n) is 10.7. The Kier molecular flexibility index (Phi) is 4.31. The van der Waals surface area contributed by atoms with Crippen molar-refractivity contribution in [1.29, 1.82) is 0 Å². The molecule has 18 heavy (non-hydrogen) atoms. The molecule has 0 radical (unpaired) electrons. The normalized spacial score (nSPS) is 12.3. The molecule has 1 N–H and O–H groups in total. The summed E-state index contributed by atoms with van der Waals surface area (Å²) in [5, 5.41) is 7.83. The molecule has 0 spiro atoms. The highest BCUT2D eigenvalue weighted by molar-refractivity contribution is 5.31. The first-order valence-electron chi connectivity index (χ1n) is 6.25. The Labute approximate surface area is 108 Å². The number of aromatic nitrogens is 2. The van der Waals surface area contributed by atoms with Gasteiger partial charge in [0.05, 0.1) is 11.9 Å². The van der Waals surface area contributed by atoms with Crippen LogP contribution in [-0.4, -0.2) is 16.3 Å². The highest BCUT2D eigenvalue weighted by Crippen LogP contribution is 2.14. The van der Waals surface area contributed by atoms with Crippen LogP contribution in [0.3, 0.4) is 0 Å². The predicted molar refractivity (Wildman–Crippen MR) is 74.8 cm³/mol. The number of para-hydroxylation sites is 1. The van der Waals surface area contributed by atoms with E-state index in [1.807, 2.05) is 47.3 Å². The second-order valence-electron chi connectivity index (χ2n) is 4.31. The summed E-state index contributed by atoms with van der Waals surface area (Å²) in [6, 6.07) is 10.4. The molecule has 0 aliphatic heterocycles. The summed E-state index contributed by atoms with van der Waals surface area (Å²) >= 11 is 0. The Bertz CT molecular complexity index is 487. The van der Waals surface area contributed by atoms with E-state index in [1.54, 1.807) is 0 Å². The molecular formula is C15H19N3. The quantitative estimate of drug-likeness (QED) is 0.622. The van der Waals surface area contributed by atoms with Gasteiger partial charge >= 0.3 is 0 Å². The summed E-state index contributed by atoms with van der Waals surface area (Å²) in [5.41, 5.74) is 2.28. The molecule has 1 aromatic heterocycles. The lowest BCUT2D eigenvalue weighted by atomic mass is 10.2.